The van der Waals surface area contributed by atoms with Crippen LogP contribution in [0.2, 0.25) is 0 Å². The summed E-state index contributed by atoms with van der Waals surface area (Å²) in [5, 5.41) is 13.9. The SMILES string of the molecule is CC(C)OCC(=O)NCCCCC(N)=NO. The van der Waals surface area contributed by atoms with E-state index in [2.05, 4.69) is 10.5 Å². The number of nitrogens with one attached hydrogen (secondary N) is 1. The molecule has 0 aliphatic rings. The fourth-order valence-corrected chi connectivity index (χ4v) is 1.00. The van der Waals surface area contributed by atoms with E-state index in [1.54, 1.807) is 0 Å². The zero-order chi connectivity index (χ0) is 12.4. The second kappa shape index (κ2) is 8.96. The smallest absolute Gasteiger partial charge is 0.246 e. The number of ether oxygens (including phenoxy) is 1. The third kappa shape index (κ3) is 9.26. The van der Waals surface area contributed by atoms with Crippen LogP contribution >= 0.6 is 0 Å². The molecule has 6 heteroatoms. The lowest BCUT2D eigenvalue weighted by molar-refractivity contribution is -0.127. The van der Waals surface area contributed by atoms with E-state index < -0.39 is 0 Å². The fourth-order valence-electron chi connectivity index (χ4n) is 1.00. The normalized spacial score (nSPS) is 11.8. The minimum absolute atomic E-state index is 0.0614. The highest BCUT2D eigenvalue weighted by atomic mass is 16.5. The molecular weight excluding hydrogens is 210 g/mol. The van der Waals surface area contributed by atoms with Crippen molar-refractivity contribution in [3.05, 3.63) is 0 Å². The van der Waals surface area contributed by atoms with Crippen molar-refractivity contribution in [2.24, 2.45) is 10.9 Å². The summed E-state index contributed by atoms with van der Waals surface area (Å²) in [4.78, 5) is 11.2. The van der Waals surface area contributed by atoms with Crippen molar-refractivity contribution in [2.45, 2.75) is 39.2 Å². The van der Waals surface area contributed by atoms with Gasteiger partial charge < -0.3 is 21.0 Å². The van der Waals surface area contributed by atoms with E-state index in [9.17, 15) is 4.79 Å². The molecule has 0 unspecified atom stereocenters. The molecule has 0 rings (SSSR count). The van der Waals surface area contributed by atoms with Gasteiger partial charge in [0, 0.05) is 13.0 Å². The van der Waals surface area contributed by atoms with E-state index in [0.29, 0.717) is 13.0 Å². The number of nitrogens with zero attached hydrogens (tertiary/aromatic N) is 1. The van der Waals surface area contributed by atoms with E-state index in [4.69, 9.17) is 15.7 Å². The van der Waals surface area contributed by atoms with Crippen LogP contribution in [0.25, 0.3) is 0 Å². The number of hydrogen-bond donors (Lipinski definition) is 3. The topological polar surface area (TPSA) is 96.9 Å². The predicted octanol–water partition coefficient (Wildman–Crippen LogP) is 0.444. The molecule has 0 aliphatic heterocycles. The molecule has 6 nitrogen and oxygen atoms in total. The average Bonchev–Trinajstić information content (AvgIpc) is 2.25. The van der Waals surface area contributed by atoms with Crippen LogP contribution < -0.4 is 11.1 Å². The van der Waals surface area contributed by atoms with Gasteiger partial charge in [0.2, 0.25) is 5.91 Å². The van der Waals surface area contributed by atoms with Crippen LogP contribution in [0, 0.1) is 0 Å². The molecule has 1 amide bonds. The maximum atomic E-state index is 11.2. The number of nitrogens with two attached hydrogens (primary N) is 1. The summed E-state index contributed by atoms with van der Waals surface area (Å²) in [6.07, 6.45) is 2.17. The van der Waals surface area contributed by atoms with Crippen LogP contribution in [0.15, 0.2) is 5.16 Å². The van der Waals surface area contributed by atoms with E-state index in [1.807, 2.05) is 13.8 Å². The van der Waals surface area contributed by atoms with Gasteiger partial charge in [0.15, 0.2) is 0 Å². The molecule has 0 bridgehead atoms. The number of carbonyl (C=O) groups excluding carboxylic acids is 1. The van der Waals surface area contributed by atoms with Crippen LogP contribution in [-0.2, 0) is 9.53 Å². The van der Waals surface area contributed by atoms with Crippen molar-refractivity contribution < 1.29 is 14.7 Å². The molecule has 16 heavy (non-hydrogen) atoms. The van der Waals surface area contributed by atoms with Gasteiger partial charge in [-0.3, -0.25) is 4.79 Å². The second-order valence-electron chi connectivity index (χ2n) is 3.76. The van der Waals surface area contributed by atoms with Crippen LogP contribution in [0.5, 0.6) is 0 Å². The number of amides is 1. The summed E-state index contributed by atoms with van der Waals surface area (Å²) in [6, 6.07) is 0. The van der Waals surface area contributed by atoms with Crippen LogP contribution in [0.1, 0.15) is 33.1 Å². The Bertz CT molecular complexity index is 229. The Morgan fingerprint density at radius 3 is 2.75 bits per heavy atom. The van der Waals surface area contributed by atoms with Crippen molar-refractivity contribution >= 4 is 11.7 Å². The van der Waals surface area contributed by atoms with Gasteiger partial charge in [-0.15, -0.1) is 0 Å². The molecule has 0 radical (unpaired) electrons. The molecule has 0 aromatic rings. The summed E-state index contributed by atoms with van der Waals surface area (Å²) >= 11 is 0. The monoisotopic (exact) mass is 231 g/mol. The van der Waals surface area contributed by atoms with Crippen molar-refractivity contribution in [1.29, 1.82) is 0 Å². The minimum Gasteiger partial charge on any atom is -0.409 e. The van der Waals surface area contributed by atoms with Gasteiger partial charge in [0.05, 0.1) is 6.10 Å². The maximum Gasteiger partial charge on any atom is 0.246 e. The number of amidine groups is 1. The lowest BCUT2D eigenvalue weighted by atomic mass is 10.2. The number of rotatable bonds is 8. The Kier molecular flexibility index (Phi) is 8.24. The molecule has 0 spiro atoms. The van der Waals surface area contributed by atoms with Crippen molar-refractivity contribution in [3.8, 4) is 0 Å². The van der Waals surface area contributed by atoms with Crippen LogP contribution in [0.4, 0.5) is 0 Å². The molecular formula is C10H21N3O3. The zero-order valence-electron chi connectivity index (χ0n) is 9.90. The minimum atomic E-state index is -0.113. The van der Waals surface area contributed by atoms with E-state index in [1.165, 1.54) is 0 Å². The Morgan fingerprint density at radius 1 is 1.50 bits per heavy atom. The van der Waals surface area contributed by atoms with Gasteiger partial charge in [-0.1, -0.05) is 5.16 Å². The molecule has 0 aromatic carbocycles. The Hall–Kier alpha value is -1.30. The molecule has 94 valence electrons. The van der Waals surface area contributed by atoms with Crippen molar-refractivity contribution in [2.75, 3.05) is 13.2 Å². The summed E-state index contributed by atoms with van der Waals surface area (Å²) in [5.41, 5.74) is 5.29. The second-order valence-corrected chi connectivity index (χ2v) is 3.76. The number of carbonyl (C=O) groups is 1. The standard InChI is InChI=1S/C10H21N3O3/c1-8(2)16-7-10(14)12-6-4-3-5-9(11)13-15/h8,15H,3-7H2,1-2H3,(H2,11,13)(H,12,14). The Morgan fingerprint density at radius 2 is 2.19 bits per heavy atom. The lowest BCUT2D eigenvalue weighted by Gasteiger charge is -2.08. The van der Waals surface area contributed by atoms with E-state index in [-0.39, 0.29) is 24.5 Å². The highest BCUT2D eigenvalue weighted by Gasteiger charge is 2.02. The lowest BCUT2D eigenvalue weighted by Crippen LogP contribution is -2.29. The predicted molar refractivity (Wildman–Crippen MR) is 61.4 cm³/mol. The largest absolute Gasteiger partial charge is 0.409 e. The Labute approximate surface area is 95.8 Å². The number of oxime groups is 1. The first-order chi connectivity index (χ1) is 7.56. The highest BCUT2D eigenvalue weighted by molar-refractivity contribution is 5.79. The third-order valence-corrected chi connectivity index (χ3v) is 1.86. The summed E-state index contributed by atoms with van der Waals surface area (Å²) in [5.74, 6) is 0.104. The molecule has 0 atom stereocenters. The molecule has 4 N–H and O–H groups in total. The quantitative estimate of drug-likeness (QED) is 0.186. The van der Waals surface area contributed by atoms with Crippen molar-refractivity contribution in [3.63, 3.8) is 0 Å². The third-order valence-electron chi connectivity index (χ3n) is 1.86. The molecule has 0 aromatic heterocycles. The van der Waals surface area contributed by atoms with Gasteiger partial charge in [-0.25, -0.2) is 0 Å². The highest BCUT2D eigenvalue weighted by Crippen LogP contribution is 1.94. The molecule has 0 saturated carbocycles. The fraction of sp³-hybridized carbons (Fsp3) is 0.800. The first-order valence-electron chi connectivity index (χ1n) is 5.41. The maximum absolute atomic E-state index is 11.2. The molecule has 0 saturated heterocycles. The van der Waals surface area contributed by atoms with Gasteiger partial charge in [0.1, 0.15) is 12.4 Å². The van der Waals surface area contributed by atoms with E-state index in [0.717, 1.165) is 12.8 Å². The summed E-state index contributed by atoms with van der Waals surface area (Å²) < 4.78 is 5.13. The summed E-state index contributed by atoms with van der Waals surface area (Å²) in [7, 11) is 0. The van der Waals surface area contributed by atoms with Gasteiger partial charge in [-0.05, 0) is 26.7 Å². The van der Waals surface area contributed by atoms with E-state index >= 15 is 0 Å². The van der Waals surface area contributed by atoms with Gasteiger partial charge in [-0.2, -0.15) is 0 Å². The summed E-state index contributed by atoms with van der Waals surface area (Å²) in [6.45, 7) is 4.44. The zero-order valence-corrected chi connectivity index (χ0v) is 9.90. The number of hydrogen-bond acceptors (Lipinski definition) is 4. The average molecular weight is 231 g/mol. The Balaban J connectivity index is 3.34. The van der Waals surface area contributed by atoms with Crippen LogP contribution in [0.3, 0.4) is 0 Å². The van der Waals surface area contributed by atoms with Gasteiger partial charge >= 0.3 is 0 Å². The number of unbranched alkanes of at least 4 members (excludes halogenated alkanes) is 1. The molecule has 0 fully saturated rings. The van der Waals surface area contributed by atoms with Gasteiger partial charge in [0.25, 0.3) is 0 Å². The first kappa shape index (κ1) is 14.7. The van der Waals surface area contributed by atoms with Crippen molar-refractivity contribution in [1.82, 2.24) is 5.32 Å². The molecule has 0 heterocycles. The van der Waals surface area contributed by atoms with Crippen LogP contribution in [-0.4, -0.2) is 36.2 Å². The first-order valence-corrected chi connectivity index (χ1v) is 5.41. The molecule has 0 aliphatic carbocycles.